The van der Waals surface area contributed by atoms with E-state index >= 15 is 0 Å². The van der Waals surface area contributed by atoms with Crippen LogP contribution in [0.5, 0.6) is 5.75 Å². The van der Waals surface area contributed by atoms with Crippen molar-refractivity contribution >= 4 is 0 Å². The molecule has 86 valence electrons. The van der Waals surface area contributed by atoms with Crippen molar-refractivity contribution in [3.8, 4) is 5.75 Å². The molecule has 0 spiro atoms. The minimum absolute atomic E-state index is 0.412. The first-order valence-electron chi connectivity index (χ1n) is 5.94. The SMILES string of the molecule is Oc1cccc2c1CCc1nnccc1CC2. The average molecular weight is 226 g/mol. The lowest BCUT2D eigenvalue weighted by atomic mass is 9.91. The van der Waals surface area contributed by atoms with E-state index in [1.54, 1.807) is 12.3 Å². The third kappa shape index (κ3) is 1.88. The lowest BCUT2D eigenvalue weighted by molar-refractivity contribution is 0.466. The topological polar surface area (TPSA) is 46.0 Å². The maximum atomic E-state index is 9.89. The Kier molecular flexibility index (Phi) is 2.52. The van der Waals surface area contributed by atoms with Gasteiger partial charge in [-0.15, -0.1) is 0 Å². The quantitative estimate of drug-likeness (QED) is 0.748. The van der Waals surface area contributed by atoms with Gasteiger partial charge >= 0.3 is 0 Å². The molecule has 1 aromatic carbocycles. The summed E-state index contributed by atoms with van der Waals surface area (Å²) >= 11 is 0. The second-order valence-electron chi connectivity index (χ2n) is 4.42. The van der Waals surface area contributed by atoms with E-state index in [-0.39, 0.29) is 0 Å². The Hall–Kier alpha value is -1.90. The molecular formula is C14H14N2O. The van der Waals surface area contributed by atoms with Crippen molar-refractivity contribution in [3.05, 3.63) is 52.8 Å². The third-order valence-electron chi connectivity index (χ3n) is 3.42. The molecule has 1 aliphatic carbocycles. The summed E-state index contributed by atoms with van der Waals surface area (Å²) in [6, 6.07) is 7.84. The molecule has 0 saturated carbocycles. The van der Waals surface area contributed by atoms with Crippen LogP contribution in [0.3, 0.4) is 0 Å². The molecule has 0 fully saturated rings. The highest BCUT2D eigenvalue weighted by atomic mass is 16.3. The van der Waals surface area contributed by atoms with Crippen molar-refractivity contribution < 1.29 is 5.11 Å². The zero-order chi connectivity index (χ0) is 11.7. The maximum Gasteiger partial charge on any atom is 0.119 e. The third-order valence-corrected chi connectivity index (χ3v) is 3.42. The van der Waals surface area contributed by atoms with Crippen LogP contribution in [0.25, 0.3) is 0 Å². The standard InChI is InChI=1S/C14H14N2O/c17-14-3-1-2-10-4-5-11-8-9-15-16-13(11)7-6-12(10)14/h1-3,8-9,17H,4-7H2. The fourth-order valence-corrected chi connectivity index (χ4v) is 2.48. The highest BCUT2D eigenvalue weighted by Gasteiger charge is 2.14. The van der Waals surface area contributed by atoms with E-state index in [4.69, 9.17) is 0 Å². The lowest BCUT2D eigenvalue weighted by Gasteiger charge is -2.16. The molecule has 0 unspecified atom stereocenters. The Morgan fingerprint density at radius 2 is 1.82 bits per heavy atom. The van der Waals surface area contributed by atoms with Gasteiger partial charge in [0, 0.05) is 6.20 Å². The summed E-state index contributed by atoms with van der Waals surface area (Å²) in [4.78, 5) is 0. The molecule has 0 bridgehead atoms. The van der Waals surface area contributed by atoms with Crippen LogP contribution in [0.4, 0.5) is 0 Å². The van der Waals surface area contributed by atoms with Crippen molar-refractivity contribution in [1.82, 2.24) is 10.2 Å². The van der Waals surface area contributed by atoms with Gasteiger partial charge in [-0.1, -0.05) is 12.1 Å². The number of nitrogens with zero attached hydrogens (tertiary/aromatic N) is 2. The van der Waals surface area contributed by atoms with Crippen LogP contribution in [0.15, 0.2) is 30.5 Å². The number of aromatic nitrogens is 2. The average Bonchev–Trinajstić information content (AvgIpc) is 2.33. The second-order valence-corrected chi connectivity index (χ2v) is 4.42. The van der Waals surface area contributed by atoms with Gasteiger partial charge in [-0.05, 0) is 54.5 Å². The van der Waals surface area contributed by atoms with Crippen LogP contribution in [0.1, 0.15) is 22.4 Å². The number of aryl methyl sites for hydroxylation is 3. The first-order chi connectivity index (χ1) is 8.34. The number of aromatic hydroxyl groups is 1. The fourth-order valence-electron chi connectivity index (χ4n) is 2.48. The molecule has 3 heteroatoms. The summed E-state index contributed by atoms with van der Waals surface area (Å²) in [7, 11) is 0. The molecule has 1 aliphatic rings. The van der Waals surface area contributed by atoms with E-state index in [2.05, 4.69) is 22.3 Å². The van der Waals surface area contributed by atoms with Gasteiger partial charge in [0.2, 0.25) is 0 Å². The first kappa shape index (κ1) is 10.3. The molecule has 0 atom stereocenters. The maximum absolute atomic E-state index is 9.89. The summed E-state index contributed by atoms with van der Waals surface area (Å²) < 4.78 is 0. The Morgan fingerprint density at radius 3 is 2.76 bits per heavy atom. The van der Waals surface area contributed by atoms with Crippen molar-refractivity contribution in [3.63, 3.8) is 0 Å². The minimum atomic E-state index is 0.412. The van der Waals surface area contributed by atoms with Crippen LogP contribution >= 0.6 is 0 Å². The van der Waals surface area contributed by atoms with Crippen LogP contribution < -0.4 is 0 Å². The van der Waals surface area contributed by atoms with E-state index in [1.807, 2.05) is 6.07 Å². The number of fused-ring (bicyclic) bond motifs is 2. The van der Waals surface area contributed by atoms with Gasteiger partial charge in [-0.3, -0.25) is 0 Å². The van der Waals surface area contributed by atoms with Crippen LogP contribution in [0.2, 0.25) is 0 Å². The number of hydrogen-bond acceptors (Lipinski definition) is 3. The Balaban J connectivity index is 2.00. The number of phenols is 1. The predicted molar refractivity (Wildman–Crippen MR) is 65.0 cm³/mol. The Labute approximate surface area is 100 Å². The van der Waals surface area contributed by atoms with Gasteiger partial charge in [0.1, 0.15) is 5.75 Å². The molecule has 0 saturated heterocycles. The molecule has 0 amide bonds. The van der Waals surface area contributed by atoms with Crippen molar-refractivity contribution in [2.24, 2.45) is 0 Å². The summed E-state index contributed by atoms with van der Waals surface area (Å²) in [5, 5.41) is 18.0. The van der Waals surface area contributed by atoms with E-state index in [9.17, 15) is 5.11 Å². The van der Waals surface area contributed by atoms with Crippen LogP contribution in [-0.4, -0.2) is 15.3 Å². The number of benzene rings is 1. The summed E-state index contributed by atoms with van der Waals surface area (Å²) in [5.74, 6) is 0.412. The van der Waals surface area contributed by atoms with E-state index in [0.717, 1.165) is 36.9 Å². The van der Waals surface area contributed by atoms with Gasteiger partial charge in [-0.25, -0.2) is 0 Å². The molecule has 1 N–H and O–H groups in total. The number of rotatable bonds is 0. The van der Waals surface area contributed by atoms with Gasteiger partial charge in [-0.2, -0.15) is 10.2 Å². The van der Waals surface area contributed by atoms with E-state index < -0.39 is 0 Å². The molecule has 2 aromatic rings. The second kappa shape index (κ2) is 4.17. The summed E-state index contributed by atoms with van der Waals surface area (Å²) in [6.45, 7) is 0. The lowest BCUT2D eigenvalue weighted by Crippen LogP contribution is -2.09. The zero-order valence-corrected chi connectivity index (χ0v) is 9.56. The molecule has 1 aromatic heterocycles. The van der Waals surface area contributed by atoms with Gasteiger partial charge < -0.3 is 5.11 Å². The monoisotopic (exact) mass is 226 g/mol. The molecule has 3 rings (SSSR count). The largest absolute Gasteiger partial charge is 0.508 e. The normalized spacial score (nSPS) is 14.4. The van der Waals surface area contributed by atoms with Crippen LogP contribution in [0, 0.1) is 0 Å². The number of phenolic OH excluding ortho intramolecular Hbond substituents is 1. The fraction of sp³-hybridized carbons (Fsp3) is 0.286. The Morgan fingerprint density at radius 1 is 0.941 bits per heavy atom. The predicted octanol–water partition coefficient (Wildman–Crippen LogP) is 2.07. The highest BCUT2D eigenvalue weighted by Crippen LogP contribution is 2.26. The van der Waals surface area contributed by atoms with Crippen molar-refractivity contribution in [2.45, 2.75) is 25.7 Å². The Bertz CT molecular complexity index is 552. The van der Waals surface area contributed by atoms with Crippen LogP contribution in [-0.2, 0) is 25.7 Å². The summed E-state index contributed by atoms with van der Waals surface area (Å²) in [5.41, 5.74) is 4.69. The molecular weight excluding hydrogens is 212 g/mol. The highest BCUT2D eigenvalue weighted by molar-refractivity contribution is 5.41. The van der Waals surface area contributed by atoms with Gasteiger partial charge in [0.05, 0.1) is 5.69 Å². The van der Waals surface area contributed by atoms with Crippen molar-refractivity contribution in [2.75, 3.05) is 0 Å². The molecule has 0 radical (unpaired) electrons. The van der Waals surface area contributed by atoms with E-state index in [0.29, 0.717) is 5.75 Å². The first-order valence-corrected chi connectivity index (χ1v) is 5.94. The van der Waals surface area contributed by atoms with Crippen molar-refractivity contribution in [1.29, 1.82) is 0 Å². The number of hydrogen-bond donors (Lipinski definition) is 1. The zero-order valence-electron chi connectivity index (χ0n) is 9.56. The van der Waals surface area contributed by atoms with Gasteiger partial charge in [0.15, 0.2) is 0 Å². The molecule has 0 aliphatic heterocycles. The smallest absolute Gasteiger partial charge is 0.119 e. The molecule has 1 heterocycles. The summed E-state index contributed by atoms with van der Waals surface area (Å²) in [6.07, 6.45) is 5.38. The molecule has 3 nitrogen and oxygen atoms in total. The molecule has 17 heavy (non-hydrogen) atoms. The van der Waals surface area contributed by atoms with E-state index in [1.165, 1.54) is 11.1 Å². The minimum Gasteiger partial charge on any atom is -0.508 e. The van der Waals surface area contributed by atoms with Gasteiger partial charge in [0.25, 0.3) is 0 Å².